The summed E-state index contributed by atoms with van der Waals surface area (Å²) in [4.78, 5) is 31.0. The molecular formula is C20H35N3O2. The van der Waals surface area contributed by atoms with Gasteiger partial charge in [0.05, 0.1) is 6.54 Å². The lowest BCUT2D eigenvalue weighted by Crippen LogP contribution is -2.50. The Bertz CT molecular complexity index is 476. The third kappa shape index (κ3) is 4.55. The van der Waals surface area contributed by atoms with E-state index in [4.69, 9.17) is 0 Å². The maximum absolute atomic E-state index is 12.8. The van der Waals surface area contributed by atoms with Gasteiger partial charge in [0.25, 0.3) is 0 Å². The van der Waals surface area contributed by atoms with Gasteiger partial charge in [0.1, 0.15) is 0 Å². The van der Waals surface area contributed by atoms with Crippen LogP contribution in [0.1, 0.15) is 64.7 Å². The predicted octanol–water partition coefficient (Wildman–Crippen LogP) is 2.50. The van der Waals surface area contributed by atoms with Crippen molar-refractivity contribution in [2.24, 2.45) is 5.92 Å². The molecule has 0 radical (unpaired) electrons. The van der Waals surface area contributed by atoms with E-state index in [2.05, 4.69) is 4.90 Å². The van der Waals surface area contributed by atoms with Crippen LogP contribution in [0.25, 0.3) is 0 Å². The van der Waals surface area contributed by atoms with E-state index in [1.807, 2.05) is 16.8 Å². The average Bonchev–Trinajstić information content (AvgIpc) is 3.24. The number of hydrogen-bond donors (Lipinski definition) is 0. The molecule has 5 heteroatoms. The van der Waals surface area contributed by atoms with Crippen LogP contribution in [0, 0.1) is 5.92 Å². The number of likely N-dealkylation sites (N-methyl/N-ethyl adjacent to an activating group) is 1. The Morgan fingerprint density at radius 1 is 0.920 bits per heavy atom. The molecule has 2 amide bonds. The maximum atomic E-state index is 12.8. The Kier molecular flexibility index (Phi) is 6.37. The molecule has 0 bridgehead atoms. The van der Waals surface area contributed by atoms with Gasteiger partial charge in [-0.25, -0.2) is 0 Å². The molecule has 3 rings (SSSR count). The van der Waals surface area contributed by atoms with Crippen molar-refractivity contribution in [3.8, 4) is 0 Å². The first-order valence-electron chi connectivity index (χ1n) is 10.3. The fraction of sp³-hybridized carbons (Fsp3) is 0.900. The Labute approximate surface area is 152 Å². The first kappa shape index (κ1) is 18.7. The molecule has 2 heterocycles. The third-order valence-electron chi connectivity index (χ3n) is 6.58. The standard InChI is InChI=1S/C20H35N3O2/c1-16(24)23-13-7-11-19(23)18-10-6-12-22(18)15-20(25)21(2)14-17-8-4-3-5-9-17/h17-19H,3-15H2,1-2H3/t18-,19+/m1/s1. The molecule has 0 N–H and O–H groups in total. The van der Waals surface area contributed by atoms with Crippen molar-refractivity contribution in [1.82, 2.24) is 14.7 Å². The minimum Gasteiger partial charge on any atom is -0.344 e. The Morgan fingerprint density at radius 2 is 1.60 bits per heavy atom. The van der Waals surface area contributed by atoms with Gasteiger partial charge >= 0.3 is 0 Å². The first-order chi connectivity index (χ1) is 12.1. The van der Waals surface area contributed by atoms with Gasteiger partial charge in [0.15, 0.2) is 0 Å². The Balaban J connectivity index is 1.53. The van der Waals surface area contributed by atoms with Crippen molar-refractivity contribution in [3.05, 3.63) is 0 Å². The van der Waals surface area contributed by atoms with Gasteiger partial charge in [0.2, 0.25) is 11.8 Å². The zero-order valence-corrected chi connectivity index (χ0v) is 16.1. The monoisotopic (exact) mass is 349 g/mol. The molecule has 5 nitrogen and oxygen atoms in total. The topological polar surface area (TPSA) is 43.9 Å². The molecule has 25 heavy (non-hydrogen) atoms. The minimum atomic E-state index is 0.190. The SMILES string of the molecule is CC(=O)N1CCC[C@H]1[C@H]1CCCN1CC(=O)N(C)CC1CCCCC1. The number of likely N-dealkylation sites (tertiary alicyclic amines) is 2. The highest BCUT2D eigenvalue weighted by Gasteiger charge is 2.39. The van der Waals surface area contributed by atoms with Crippen molar-refractivity contribution >= 4 is 11.8 Å². The summed E-state index contributed by atoms with van der Waals surface area (Å²) in [5.74, 6) is 1.14. The molecule has 2 aliphatic heterocycles. The van der Waals surface area contributed by atoms with Crippen LogP contribution >= 0.6 is 0 Å². The van der Waals surface area contributed by atoms with Crippen molar-refractivity contribution in [2.75, 3.05) is 33.2 Å². The highest BCUT2D eigenvalue weighted by atomic mass is 16.2. The highest BCUT2D eigenvalue weighted by Crippen LogP contribution is 2.30. The van der Waals surface area contributed by atoms with E-state index < -0.39 is 0 Å². The second kappa shape index (κ2) is 8.52. The van der Waals surface area contributed by atoms with E-state index in [0.29, 0.717) is 24.5 Å². The van der Waals surface area contributed by atoms with Crippen LogP contribution in [0.3, 0.4) is 0 Å². The summed E-state index contributed by atoms with van der Waals surface area (Å²) in [6.45, 7) is 5.01. The summed E-state index contributed by atoms with van der Waals surface area (Å²) in [7, 11) is 1.97. The zero-order chi connectivity index (χ0) is 17.8. The predicted molar refractivity (Wildman–Crippen MR) is 99.2 cm³/mol. The van der Waals surface area contributed by atoms with Gasteiger partial charge in [-0.1, -0.05) is 19.3 Å². The summed E-state index contributed by atoms with van der Waals surface area (Å²) in [6.07, 6.45) is 11.0. The number of nitrogens with zero attached hydrogens (tertiary/aromatic N) is 3. The van der Waals surface area contributed by atoms with E-state index in [9.17, 15) is 9.59 Å². The van der Waals surface area contributed by atoms with Gasteiger partial charge in [0, 0.05) is 39.1 Å². The molecule has 0 unspecified atom stereocenters. The van der Waals surface area contributed by atoms with Crippen LogP contribution in [0.15, 0.2) is 0 Å². The second-order valence-electron chi connectivity index (χ2n) is 8.38. The minimum absolute atomic E-state index is 0.190. The zero-order valence-electron chi connectivity index (χ0n) is 16.1. The molecule has 2 atom stereocenters. The molecule has 3 aliphatic rings. The lowest BCUT2D eigenvalue weighted by atomic mass is 9.89. The second-order valence-corrected chi connectivity index (χ2v) is 8.38. The maximum Gasteiger partial charge on any atom is 0.236 e. The van der Waals surface area contributed by atoms with Crippen LogP contribution in [0.4, 0.5) is 0 Å². The molecule has 0 spiro atoms. The number of carbonyl (C=O) groups excluding carboxylic acids is 2. The largest absolute Gasteiger partial charge is 0.344 e. The summed E-state index contributed by atoms with van der Waals surface area (Å²) in [5.41, 5.74) is 0. The fourth-order valence-electron chi connectivity index (χ4n) is 5.22. The molecular weight excluding hydrogens is 314 g/mol. The molecule has 0 aromatic carbocycles. The Morgan fingerprint density at radius 3 is 2.32 bits per heavy atom. The van der Waals surface area contributed by atoms with E-state index >= 15 is 0 Å². The lowest BCUT2D eigenvalue weighted by molar-refractivity contribution is -0.133. The van der Waals surface area contributed by atoms with Crippen molar-refractivity contribution in [2.45, 2.75) is 76.8 Å². The number of carbonyl (C=O) groups is 2. The fourth-order valence-corrected chi connectivity index (χ4v) is 5.22. The van der Waals surface area contributed by atoms with Gasteiger partial charge in [-0.2, -0.15) is 0 Å². The van der Waals surface area contributed by atoms with E-state index in [0.717, 1.165) is 45.3 Å². The number of amides is 2. The van der Waals surface area contributed by atoms with Crippen LogP contribution in [-0.2, 0) is 9.59 Å². The van der Waals surface area contributed by atoms with Gasteiger partial charge in [-0.05, 0) is 51.0 Å². The molecule has 0 aromatic heterocycles. The van der Waals surface area contributed by atoms with E-state index in [-0.39, 0.29) is 11.8 Å². The summed E-state index contributed by atoms with van der Waals surface area (Å²) in [5, 5.41) is 0. The van der Waals surface area contributed by atoms with E-state index in [1.54, 1.807) is 6.92 Å². The lowest BCUT2D eigenvalue weighted by Gasteiger charge is -2.35. The number of rotatable bonds is 5. The van der Waals surface area contributed by atoms with Gasteiger partial charge in [-0.15, -0.1) is 0 Å². The summed E-state index contributed by atoms with van der Waals surface area (Å²) in [6, 6.07) is 0.690. The van der Waals surface area contributed by atoms with Gasteiger partial charge in [-0.3, -0.25) is 14.5 Å². The molecule has 3 fully saturated rings. The summed E-state index contributed by atoms with van der Waals surface area (Å²) >= 11 is 0. The number of hydrogen-bond acceptors (Lipinski definition) is 3. The van der Waals surface area contributed by atoms with Crippen LogP contribution in [-0.4, -0.2) is 71.8 Å². The smallest absolute Gasteiger partial charge is 0.236 e. The highest BCUT2D eigenvalue weighted by molar-refractivity contribution is 5.78. The third-order valence-corrected chi connectivity index (χ3v) is 6.58. The quantitative estimate of drug-likeness (QED) is 0.766. The average molecular weight is 350 g/mol. The van der Waals surface area contributed by atoms with Crippen LogP contribution < -0.4 is 0 Å². The van der Waals surface area contributed by atoms with E-state index in [1.165, 1.54) is 32.1 Å². The molecule has 1 aliphatic carbocycles. The van der Waals surface area contributed by atoms with Crippen LogP contribution in [0.5, 0.6) is 0 Å². The molecule has 2 saturated heterocycles. The molecule has 142 valence electrons. The first-order valence-corrected chi connectivity index (χ1v) is 10.3. The van der Waals surface area contributed by atoms with Crippen molar-refractivity contribution in [3.63, 3.8) is 0 Å². The molecule has 0 aromatic rings. The van der Waals surface area contributed by atoms with Crippen LogP contribution in [0.2, 0.25) is 0 Å². The van der Waals surface area contributed by atoms with Gasteiger partial charge < -0.3 is 9.80 Å². The van der Waals surface area contributed by atoms with Crippen molar-refractivity contribution < 1.29 is 9.59 Å². The summed E-state index contributed by atoms with van der Waals surface area (Å²) < 4.78 is 0. The van der Waals surface area contributed by atoms with Crippen molar-refractivity contribution in [1.29, 1.82) is 0 Å². The Hall–Kier alpha value is -1.10. The molecule has 1 saturated carbocycles. The normalized spacial score (nSPS) is 28.5.